The molecule has 0 bridgehead atoms. The number of hydrogen-bond acceptors (Lipinski definition) is 4. The van der Waals surface area contributed by atoms with Crippen LogP contribution in [-0.4, -0.2) is 16.2 Å². The molecular weight excluding hydrogens is 340 g/mol. The van der Waals surface area contributed by atoms with E-state index in [1.807, 2.05) is 19.9 Å². The Morgan fingerprint density at radius 3 is 2.62 bits per heavy atom. The van der Waals surface area contributed by atoms with E-state index in [2.05, 4.69) is 10.3 Å². The van der Waals surface area contributed by atoms with Crippen LogP contribution in [0.5, 0.6) is 5.75 Å². The Kier molecular flexibility index (Phi) is 4.78. The molecule has 0 spiro atoms. The van der Waals surface area contributed by atoms with Crippen molar-refractivity contribution in [3.63, 3.8) is 0 Å². The van der Waals surface area contributed by atoms with Crippen molar-refractivity contribution < 1.29 is 18.6 Å². The molecule has 5 nitrogen and oxygen atoms in total. The highest BCUT2D eigenvalue weighted by molar-refractivity contribution is 5.92. The lowest BCUT2D eigenvalue weighted by atomic mass is 10.1. The van der Waals surface area contributed by atoms with Gasteiger partial charge in [0.1, 0.15) is 11.8 Å². The van der Waals surface area contributed by atoms with Crippen LogP contribution in [-0.2, 0) is 0 Å². The molecule has 1 aromatic heterocycles. The summed E-state index contributed by atoms with van der Waals surface area (Å²) in [6.07, 6.45) is 0.272. The normalized spacial score (nSPS) is 12.2. The van der Waals surface area contributed by atoms with Crippen molar-refractivity contribution in [1.82, 2.24) is 4.98 Å². The summed E-state index contributed by atoms with van der Waals surface area (Å²) < 4.78 is 32.3. The van der Waals surface area contributed by atoms with E-state index in [-0.39, 0.29) is 6.10 Å². The molecule has 0 fully saturated rings. The zero-order valence-electron chi connectivity index (χ0n) is 14.2. The standard InChI is InChI=1S/C19H17F2N3O2/c1-10(2)26-18-4-3-11(5-12(18)8-22)19(25)24-17-9-23-16-7-15(21)14(20)6-13(16)17/h3-7,9-10,19,23-25H,1-2H3. The van der Waals surface area contributed by atoms with E-state index in [4.69, 9.17) is 4.74 Å². The molecule has 0 saturated carbocycles. The van der Waals surface area contributed by atoms with Gasteiger partial charge in [0, 0.05) is 23.2 Å². The highest BCUT2D eigenvalue weighted by Crippen LogP contribution is 2.29. The number of aliphatic hydroxyl groups is 1. The summed E-state index contributed by atoms with van der Waals surface area (Å²) in [4.78, 5) is 2.81. The number of ether oxygens (including phenoxy) is 1. The van der Waals surface area contributed by atoms with Crippen molar-refractivity contribution in [2.45, 2.75) is 26.2 Å². The molecule has 0 aliphatic heterocycles. The van der Waals surface area contributed by atoms with Gasteiger partial charge >= 0.3 is 0 Å². The largest absolute Gasteiger partial charge is 0.490 e. The van der Waals surface area contributed by atoms with Gasteiger partial charge in [0.15, 0.2) is 17.9 Å². The average molecular weight is 357 g/mol. The monoisotopic (exact) mass is 357 g/mol. The second kappa shape index (κ2) is 7.02. The number of nitrogens with zero attached hydrogens (tertiary/aromatic N) is 1. The summed E-state index contributed by atoms with van der Waals surface area (Å²) in [5.41, 5.74) is 1.54. The number of benzene rings is 2. The Bertz CT molecular complexity index is 992. The molecule has 26 heavy (non-hydrogen) atoms. The number of rotatable bonds is 5. The van der Waals surface area contributed by atoms with Crippen LogP contribution in [0.3, 0.4) is 0 Å². The molecule has 3 rings (SSSR count). The summed E-state index contributed by atoms with van der Waals surface area (Å²) >= 11 is 0. The van der Waals surface area contributed by atoms with Crippen molar-refractivity contribution in [3.05, 3.63) is 59.3 Å². The van der Waals surface area contributed by atoms with Crippen LogP contribution in [0.2, 0.25) is 0 Å². The van der Waals surface area contributed by atoms with Crippen molar-refractivity contribution in [2.24, 2.45) is 0 Å². The second-order valence-corrected chi connectivity index (χ2v) is 6.10. The van der Waals surface area contributed by atoms with Crippen LogP contribution in [0.15, 0.2) is 36.5 Å². The number of nitriles is 1. The third kappa shape index (κ3) is 3.46. The maximum atomic E-state index is 13.5. The third-order valence-corrected chi connectivity index (χ3v) is 3.82. The lowest BCUT2D eigenvalue weighted by molar-refractivity contribution is 0.207. The predicted molar refractivity (Wildman–Crippen MR) is 93.7 cm³/mol. The van der Waals surface area contributed by atoms with Crippen LogP contribution in [0.25, 0.3) is 10.9 Å². The van der Waals surface area contributed by atoms with E-state index in [1.54, 1.807) is 12.1 Å². The van der Waals surface area contributed by atoms with Crippen LogP contribution in [0.1, 0.15) is 31.2 Å². The minimum atomic E-state index is -1.15. The predicted octanol–water partition coefficient (Wildman–Crippen LogP) is 4.21. The minimum absolute atomic E-state index is 0.0856. The number of aromatic nitrogens is 1. The first-order valence-electron chi connectivity index (χ1n) is 8.00. The number of aliphatic hydroxyl groups excluding tert-OH is 1. The molecule has 0 aliphatic carbocycles. The molecule has 0 aliphatic rings. The lowest BCUT2D eigenvalue weighted by Crippen LogP contribution is -2.11. The van der Waals surface area contributed by atoms with Gasteiger partial charge in [0.2, 0.25) is 0 Å². The zero-order valence-corrected chi connectivity index (χ0v) is 14.2. The number of aromatic amines is 1. The van der Waals surface area contributed by atoms with Crippen LogP contribution >= 0.6 is 0 Å². The maximum absolute atomic E-state index is 13.5. The first-order valence-corrected chi connectivity index (χ1v) is 8.00. The number of H-pyrrole nitrogens is 1. The fraction of sp³-hybridized carbons (Fsp3) is 0.211. The Morgan fingerprint density at radius 2 is 1.92 bits per heavy atom. The molecule has 2 aromatic carbocycles. The smallest absolute Gasteiger partial charge is 0.160 e. The zero-order chi connectivity index (χ0) is 18.8. The lowest BCUT2D eigenvalue weighted by Gasteiger charge is -2.16. The van der Waals surface area contributed by atoms with Crippen LogP contribution in [0, 0.1) is 23.0 Å². The summed E-state index contributed by atoms with van der Waals surface area (Å²) in [5.74, 6) is -1.49. The van der Waals surface area contributed by atoms with Gasteiger partial charge in [-0.05, 0) is 32.0 Å². The quantitative estimate of drug-likeness (QED) is 0.598. The van der Waals surface area contributed by atoms with E-state index in [0.29, 0.717) is 33.5 Å². The molecular formula is C19H17F2N3O2. The summed E-state index contributed by atoms with van der Waals surface area (Å²) in [7, 11) is 0. The molecule has 1 atom stereocenters. The number of halogens is 2. The topological polar surface area (TPSA) is 81.1 Å². The Hall–Kier alpha value is -3.11. The summed E-state index contributed by atoms with van der Waals surface area (Å²) in [6, 6.07) is 8.90. The van der Waals surface area contributed by atoms with E-state index in [9.17, 15) is 19.1 Å². The van der Waals surface area contributed by atoms with Crippen LogP contribution in [0.4, 0.5) is 14.5 Å². The molecule has 7 heteroatoms. The fourth-order valence-electron chi connectivity index (χ4n) is 2.63. The molecule has 1 unspecified atom stereocenters. The summed E-state index contributed by atoms with van der Waals surface area (Å²) in [6.45, 7) is 3.70. The van der Waals surface area contributed by atoms with Gasteiger partial charge in [0.25, 0.3) is 0 Å². The van der Waals surface area contributed by atoms with E-state index >= 15 is 0 Å². The first-order chi connectivity index (χ1) is 12.4. The van der Waals surface area contributed by atoms with E-state index in [0.717, 1.165) is 12.1 Å². The Morgan fingerprint density at radius 1 is 1.19 bits per heavy atom. The number of nitrogens with one attached hydrogen (secondary N) is 2. The molecule has 134 valence electrons. The van der Waals surface area contributed by atoms with Gasteiger partial charge in [-0.3, -0.25) is 0 Å². The van der Waals surface area contributed by atoms with Gasteiger partial charge in [-0.25, -0.2) is 8.78 Å². The van der Waals surface area contributed by atoms with Gasteiger partial charge < -0.3 is 20.1 Å². The highest BCUT2D eigenvalue weighted by atomic mass is 19.2. The van der Waals surface area contributed by atoms with Gasteiger partial charge in [-0.1, -0.05) is 6.07 Å². The highest BCUT2D eigenvalue weighted by Gasteiger charge is 2.15. The molecule has 3 N–H and O–H groups in total. The maximum Gasteiger partial charge on any atom is 0.160 e. The molecule has 0 amide bonds. The van der Waals surface area contributed by atoms with Crippen molar-refractivity contribution in [2.75, 3.05) is 5.32 Å². The van der Waals surface area contributed by atoms with Gasteiger partial charge in [-0.15, -0.1) is 0 Å². The number of anilines is 1. The Balaban J connectivity index is 1.87. The number of hydrogen-bond donors (Lipinski definition) is 3. The number of fused-ring (bicyclic) bond motifs is 1. The molecule has 0 radical (unpaired) electrons. The second-order valence-electron chi connectivity index (χ2n) is 6.10. The van der Waals surface area contributed by atoms with Crippen molar-refractivity contribution in [1.29, 1.82) is 5.26 Å². The van der Waals surface area contributed by atoms with E-state index < -0.39 is 17.9 Å². The van der Waals surface area contributed by atoms with Crippen LogP contribution < -0.4 is 10.1 Å². The minimum Gasteiger partial charge on any atom is -0.490 e. The SMILES string of the molecule is CC(C)Oc1ccc(C(O)Nc2c[nH]c3cc(F)c(F)cc23)cc1C#N. The van der Waals surface area contributed by atoms with Crippen molar-refractivity contribution >= 4 is 16.6 Å². The Labute approximate surface area is 148 Å². The summed E-state index contributed by atoms with van der Waals surface area (Å²) in [5, 5.41) is 22.9. The molecule has 1 heterocycles. The molecule has 0 saturated heterocycles. The van der Waals surface area contributed by atoms with Gasteiger partial charge in [0.05, 0.1) is 22.9 Å². The molecule has 3 aromatic rings. The first kappa shape index (κ1) is 17.7. The fourth-order valence-corrected chi connectivity index (χ4v) is 2.63. The van der Waals surface area contributed by atoms with E-state index in [1.165, 1.54) is 12.3 Å². The van der Waals surface area contributed by atoms with Crippen molar-refractivity contribution in [3.8, 4) is 11.8 Å². The van der Waals surface area contributed by atoms with Gasteiger partial charge in [-0.2, -0.15) is 5.26 Å². The third-order valence-electron chi connectivity index (χ3n) is 3.82. The average Bonchev–Trinajstić information content (AvgIpc) is 2.97.